The Morgan fingerprint density at radius 2 is 2.12 bits per heavy atom. The number of nitrogens with zero attached hydrogens (tertiary/aromatic N) is 2. The topological polar surface area (TPSA) is 79.0 Å². The first-order chi connectivity index (χ1) is 8.04. The molecule has 0 aromatic rings. The molecule has 96 valence electrons. The van der Waals surface area contributed by atoms with Gasteiger partial charge in [-0.15, -0.1) is 0 Å². The van der Waals surface area contributed by atoms with Crippen molar-refractivity contribution >= 4 is 17.9 Å². The molecule has 0 aromatic carbocycles. The average molecular weight is 243 g/mol. The van der Waals surface area contributed by atoms with Crippen LogP contribution in [0.15, 0.2) is 0 Å². The van der Waals surface area contributed by atoms with Gasteiger partial charge in [0.25, 0.3) is 0 Å². The van der Waals surface area contributed by atoms with E-state index in [1.54, 1.807) is 18.9 Å². The van der Waals surface area contributed by atoms with E-state index < -0.39 is 12.0 Å². The summed E-state index contributed by atoms with van der Waals surface area (Å²) in [4.78, 5) is 36.9. The molecule has 0 spiro atoms. The van der Waals surface area contributed by atoms with Gasteiger partial charge in [-0.2, -0.15) is 0 Å². The van der Waals surface area contributed by atoms with Crippen molar-refractivity contribution in [1.29, 1.82) is 0 Å². The van der Waals surface area contributed by atoms with E-state index in [4.69, 9.17) is 0 Å². The lowest BCUT2D eigenvalue weighted by Crippen LogP contribution is -2.54. The maximum atomic E-state index is 11.6. The van der Waals surface area contributed by atoms with E-state index >= 15 is 0 Å². The summed E-state index contributed by atoms with van der Waals surface area (Å²) in [5, 5.41) is 2.41. The third-order valence-corrected chi connectivity index (χ3v) is 2.43. The zero-order valence-electron chi connectivity index (χ0n) is 10.1. The Hall–Kier alpha value is -1.79. The number of esters is 1. The van der Waals surface area contributed by atoms with Crippen molar-refractivity contribution < 1.29 is 19.1 Å². The highest BCUT2D eigenvalue weighted by atomic mass is 16.5. The maximum Gasteiger partial charge on any atom is 0.325 e. The second-order valence-corrected chi connectivity index (χ2v) is 3.70. The van der Waals surface area contributed by atoms with Crippen LogP contribution in [0.3, 0.4) is 0 Å². The molecular weight excluding hydrogens is 226 g/mol. The minimum absolute atomic E-state index is 0.0468. The van der Waals surface area contributed by atoms with Crippen LogP contribution in [0.5, 0.6) is 0 Å². The molecule has 0 unspecified atom stereocenters. The van der Waals surface area contributed by atoms with Gasteiger partial charge in [0, 0.05) is 20.1 Å². The van der Waals surface area contributed by atoms with Crippen molar-refractivity contribution in [3.8, 4) is 0 Å². The van der Waals surface area contributed by atoms with Crippen LogP contribution in [0.2, 0.25) is 0 Å². The Balaban J connectivity index is 2.33. The Kier molecular flexibility index (Phi) is 4.74. The molecule has 0 radical (unpaired) electrons. The van der Waals surface area contributed by atoms with Gasteiger partial charge in [-0.1, -0.05) is 0 Å². The summed E-state index contributed by atoms with van der Waals surface area (Å²) in [6, 6.07) is -0.417. The molecule has 3 amide bonds. The smallest absolute Gasteiger partial charge is 0.325 e. The van der Waals surface area contributed by atoms with Gasteiger partial charge in [0.1, 0.15) is 13.1 Å². The van der Waals surface area contributed by atoms with E-state index in [9.17, 15) is 14.4 Å². The Labute approximate surface area is 99.7 Å². The molecule has 1 N–H and O–H groups in total. The number of carbonyl (C=O) groups excluding carboxylic acids is 3. The first-order valence-electron chi connectivity index (χ1n) is 5.47. The minimum Gasteiger partial charge on any atom is -0.465 e. The number of hydrogen-bond donors (Lipinski definition) is 1. The van der Waals surface area contributed by atoms with Gasteiger partial charge in [0.05, 0.1) is 6.61 Å². The number of nitrogens with one attached hydrogen (secondary N) is 1. The predicted octanol–water partition coefficient (Wildman–Crippen LogP) is -0.967. The molecule has 0 atom stereocenters. The molecule has 0 saturated carbocycles. The average Bonchev–Trinajstić information content (AvgIpc) is 2.30. The number of urea groups is 1. The van der Waals surface area contributed by atoms with Gasteiger partial charge in [-0.05, 0) is 6.92 Å². The summed E-state index contributed by atoms with van der Waals surface area (Å²) in [7, 11) is 1.69. The van der Waals surface area contributed by atoms with Crippen molar-refractivity contribution in [1.82, 2.24) is 15.1 Å². The van der Waals surface area contributed by atoms with E-state index in [1.807, 2.05) is 0 Å². The quantitative estimate of drug-likeness (QED) is 0.647. The highest BCUT2D eigenvalue weighted by molar-refractivity contribution is 5.86. The zero-order valence-corrected chi connectivity index (χ0v) is 10.1. The van der Waals surface area contributed by atoms with Gasteiger partial charge in [0.2, 0.25) is 5.91 Å². The number of likely N-dealkylation sites (N-methyl/N-ethyl adjacent to an activating group) is 1. The molecule has 1 heterocycles. The lowest BCUT2D eigenvalue weighted by molar-refractivity contribution is -0.141. The van der Waals surface area contributed by atoms with E-state index in [0.717, 1.165) is 0 Å². The molecule has 17 heavy (non-hydrogen) atoms. The number of ether oxygens (including phenoxy) is 1. The van der Waals surface area contributed by atoms with Crippen molar-refractivity contribution in [2.75, 3.05) is 39.8 Å². The summed E-state index contributed by atoms with van der Waals surface area (Å²) in [5.41, 5.74) is 0. The Bertz CT molecular complexity index is 319. The second-order valence-electron chi connectivity index (χ2n) is 3.70. The number of carbonyl (C=O) groups is 3. The monoisotopic (exact) mass is 243 g/mol. The SMILES string of the molecule is CCOC(=O)CNC(=O)N1CCN(C)C(=O)C1. The van der Waals surface area contributed by atoms with Gasteiger partial charge in [0.15, 0.2) is 0 Å². The number of rotatable bonds is 3. The molecule has 0 bridgehead atoms. The zero-order chi connectivity index (χ0) is 12.8. The van der Waals surface area contributed by atoms with E-state index in [-0.39, 0.29) is 25.6 Å². The fourth-order valence-electron chi connectivity index (χ4n) is 1.40. The van der Waals surface area contributed by atoms with E-state index in [1.165, 1.54) is 4.90 Å². The van der Waals surface area contributed by atoms with Crippen LogP contribution in [0.1, 0.15) is 6.92 Å². The lowest BCUT2D eigenvalue weighted by Gasteiger charge is -2.31. The normalized spacial score (nSPS) is 15.8. The molecular formula is C10H17N3O4. The van der Waals surface area contributed by atoms with Crippen LogP contribution in [-0.4, -0.2) is 67.5 Å². The maximum absolute atomic E-state index is 11.6. The van der Waals surface area contributed by atoms with E-state index in [2.05, 4.69) is 10.1 Å². The summed E-state index contributed by atoms with van der Waals surface area (Å²) in [6.45, 7) is 2.82. The lowest BCUT2D eigenvalue weighted by atomic mass is 10.3. The van der Waals surface area contributed by atoms with Gasteiger partial charge in [-0.3, -0.25) is 9.59 Å². The van der Waals surface area contributed by atoms with Crippen molar-refractivity contribution in [3.05, 3.63) is 0 Å². The molecule has 0 aliphatic carbocycles. The Morgan fingerprint density at radius 1 is 1.41 bits per heavy atom. The summed E-state index contributed by atoms with van der Waals surface area (Å²) in [6.07, 6.45) is 0. The highest BCUT2D eigenvalue weighted by Gasteiger charge is 2.24. The largest absolute Gasteiger partial charge is 0.465 e. The Morgan fingerprint density at radius 3 is 2.71 bits per heavy atom. The van der Waals surface area contributed by atoms with Gasteiger partial charge in [-0.25, -0.2) is 4.79 Å². The van der Waals surface area contributed by atoms with Crippen molar-refractivity contribution in [2.24, 2.45) is 0 Å². The first kappa shape index (κ1) is 13.3. The van der Waals surface area contributed by atoms with E-state index in [0.29, 0.717) is 13.1 Å². The summed E-state index contributed by atoms with van der Waals surface area (Å²) < 4.78 is 4.67. The van der Waals surface area contributed by atoms with Crippen LogP contribution in [0, 0.1) is 0 Å². The second kappa shape index (κ2) is 6.07. The molecule has 1 fully saturated rings. The molecule has 7 heteroatoms. The number of amides is 3. The summed E-state index contributed by atoms with van der Waals surface area (Å²) in [5.74, 6) is -0.594. The van der Waals surface area contributed by atoms with Crippen LogP contribution >= 0.6 is 0 Å². The minimum atomic E-state index is -0.485. The molecule has 1 saturated heterocycles. The fourth-order valence-corrected chi connectivity index (χ4v) is 1.40. The van der Waals surface area contributed by atoms with Crippen molar-refractivity contribution in [2.45, 2.75) is 6.92 Å². The third kappa shape index (κ3) is 3.93. The van der Waals surface area contributed by atoms with Crippen molar-refractivity contribution in [3.63, 3.8) is 0 Å². The highest BCUT2D eigenvalue weighted by Crippen LogP contribution is 2.00. The van der Waals surface area contributed by atoms with Crippen LogP contribution in [0.25, 0.3) is 0 Å². The third-order valence-electron chi connectivity index (χ3n) is 2.43. The van der Waals surface area contributed by atoms with Crippen LogP contribution in [-0.2, 0) is 14.3 Å². The van der Waals surface area contributed by atoms with Crippen LogP contribution < -0.4 is 5.32 Å². The molecule has 1 aliphatic rings. The number of hydrogen-bond acceptors (Lipinski definition) is 4. The fraction of sp³-hybridized carbons (Fsp3) is 0.700. The number of piperazine rings is 1. The standard InChI is InChI=1S/C10H17N3O4/c1-3-17-9(15)6-11-10(16)13-5-4-12(2)8(14)7-13/h3-7H2,1-2H3,(H,11,16). The summed E-state index contributed by atoms with van der Waals surface area (Å²) >= 11 is 0. The first-order valence-corrected chi connectivity index (χ1v) is 5.47. The van der Waals surface area contributed by atoms with Gasteiger partial charge >= 0.3 is 12.0 Å². The van der Waals surface area contributed by atoms with Gasteiger partial charge < -0.3 is 19.9 Å². The molecule has 1 rings (SSSR count). The molecule has 1 aliphatic heterocycles. The molecule has 7 nitrogen and oxygen atoms in total. The molecule has 0 aromatic heterocycles. The van der Waals surface area contributed by atoms with Crippen LogP contribution in [0.4, 0.5) is 4.79 Å². The predicted molar refractivity (Wildman–Crippen MR) is 59.2 cm³/mol.